The van der Waals surface area contributed by atoms with Gasteiger partial charge in [-0.25, -0.2) is 4.68 Å². The molecule has 0 aliphatic heterocycles. The summed E-state index contributed by atoms with van der Waals surface area (Å²) < 4.78 is 1.70. The van der Waals surface area contributed by atoms with E-state index in [0.717, 1.165) is 42.4 Å². The van der Waals surface area contributed by atoms with Gasteiger partial charge in [-0.15, -0.1) is 0 Å². The van der Waals surface area contributed by atoms with Crippen molar-refractivity contribution in [3.63, 3.8) is 0 Å². The number of carbonyl (C=O) groups excluding carboxylic acids is 1. The second kappa shape index (κ2) is 4.84. The van der Waals surface area contributed by atoms with Gasteiger partial charge in [-0.3, -0.25) is 9.89 Å². The van der Waals surface area contributed by atoms with Crippen LogP contribution in [0.4, 0.5) is 5.82 Å². The number of carbonyl (C=O) groups is 1. The van der Waals surface area contributed by atoms with Gasteiger partial charge in [-0.05, 0) is 26.7 Å². The second-order valence-corrected chi connectivity index (χ2v) is 6.30. The van der Waals surface area contributed by atoms with Crippen LogP contribution in [0.2, 0.25) is 0 Å². The summed E-state index contributed by atoms with van der Waals surface area (Å²) in [6.45, 7) is 3.87. The Morgan fingerprint density at radius 2 is 2.29 bits per heavy atom. The number of H-pyrrole nitrogens is 1. The second-order valence-electron chi connectivity index (χ2n) is 6.30. The summed E-state index contributed by atoms with van der Waals surface area (Å²) in [4.78, 5) is 12.6. The molecule has 21 heavy (non-hydrogen) atoms. The third-order valence-electron chi connectivity index (χ3n) is 4.53. The zero-order valence-electron chi connectivity index (χ0n) is 12.7. The summed E-state index contributed by atoms with van der Waals surface area (Å²) in [7, 11) is 1.83. The number of fused-ring (bicyclic) bond motifs is 1. The summed E-state index contributed by atoms with van der Waals surface area (Å²) in [5.41, 5.74) is 7.44. The number of rotatable bonds is 2. The molecular formula is C14H22N6O. The molecule has 0 spiro atoms. The molecule has 7 nitrogen and oxygen atoms in total. The first-order valence-corrected chi connectivity index (χ1v) is 7.37. The first kappa shape index (κ1) is 14.1. The van der Waals surface area contributed by atoms with Gasteiger partial charge in [-0.2, -0.15) is 10.2 Å². The van der Waals surface area contributed by atoms with E-state index in [-0.39, 0.29) is 11.8 Å². The summed E-state index contributed by atoms with van der Waals surface area (Å²) in [5.74, 6) is 0.414. The van der Waals surface area contributed by atoms with E-state index in [1.54, 1.807) is 4.68 Å². The number of amides is 1. The molecule has 2 aromatic rings. The number of nitrogens with one attached hydrogen (secondary N) is 2. The minimum Gasteiger partial charge on any atom is -0.325 e. The first-order chi connectivity index (χ1) is 9.90. The number of hydrogen-bond acceptors (Lipinski definition) is 4. The van der Waals surface area contributed by atoms with E-state index in [4.69, 9.17) is 5.73 Å². The molecule has 2 aromatic heterocycles. The van der Waals surface area contributed by atoms with Gasteiger partial charge in [0.05, 0.1) is 17.0 Å². The fourth-order valence-electron chi connectivity index (χ4n) is 3.32. The van der Waals surface area contributed by atoms with E-state index in [9.17, 15) is 4.79 Å². The van der Waals surface area contributed by atoms with E-state index in [2.05, 4.69) is 20.6 Å². The van der Waals surface area contributed by atoms with Gasteiger partial charge in [0.1, 0.15) is 5.82 Å². The molecule has 1 saturated carbocycles. The van der Waals surface area contributed by atoms with Crippen LogP contribution >= 0.6 is 0 Å². The Balaban J connectivity index is 1.86. The standard InChI is InChI=1S/C14H22N6O/c1-8-10-11(17-18-12(10)20(3)19-8)16-13(21)9-6-4-5-7-14(9,2)15/h9H,4-7,15H2,1-3H3,(H2,16,17,18,21). The molecule has 1 amide bonds. The minimum atomic E-state index is -0.439. The lowest BCUT2D eigenvalue weighted by Gasteiger charge is -2.37. The van der Waals surface area contributed by atoms with Crippen molar-refractivity contribution in [1.82, 2.24) is 20.0 Å². The van der Waals surface area contributed by atoms with Crippen molar-refractivity contribution in [2.75, 3.05) is 5.32 Å². The van der Waals surface area contributed by atoms with Gasteiger partial charge < -0.3 is 11.1 Å². The molecule has 1 aliphatic rings. The van der Waals surface area contributed by atoms with Crippen molar-refractivity contribution in [3.05, 3.63) is 5.69 Å². The number of aromatic nitrogens is 4. The number of hydrogen-bond donors (Lipinski definition) is 3. The zero-order chi connectivity index (χ0) is 15.2. The van der Waals surface area contributed by atoms with E-state index in [1.807, 2.05) is 20.9 Å². The Morgan fingerprint density at radius 3 is 3.00 bits per heavy atom. The molecule has 0 bridgehead atoms. The number of nitrogens with two attached hydrogens (primary N) is 1. The summed E-state index contributed by atoms with van der Waals surface area (Å²) in [6.07, 6.45) is 3.86. The smallest absolute Gasteiger partial charge is 0.230 e. The van der Waals surface area contributed by atoms with Crippen molar-refractivity contribution < 1.29 is 4.79 Å². The van der Waals surface area contributed by atoms with Crippen LogP contribution in [0.3, 0.4) is 0 Å². The molecule has 1 aliphatic carbocycles. The highest BCUT2D eigenvalue weighted by molar-refractivity contribution is 6.01. The molecular weight excluding hydrogens is 268 g/mol. The quantitative estimate of drug-likeness (QED) is 0.779. The van der Waals surface area contributed by atoms with Gasteiger partial charge in [0, 0.05) is 12.6 Å². The molecule has 3 rings (SSSR count). The van der Waals surface area contributed by atoms with E-state index >= 15 is 0 Å². The predicted molar refractivity (Wildman–Crippen MR) is 80.8 cm³/mol. The van der Waals surface area contributed by atoms with Crippen LogP contribution in [0.15, 0.2) is 0 Å². The number of aryl methyl sites for hydroxylation is 2. The third kappa shape index (κ3) is 2.31. The normalized spacial score (nSPS) is 26.2. The number of aromatic amines is 1. The lowest BCUT2D eigenvalue weighted by atomic mass is 9.74. The maximum absolute atomic E-state index is 12.6. The molecule has 0 radical (unpaired) electrons. The first-order valence-electron chi connectivity index (χ1n) is 7.37. The summed E-state index contributed by atoms with van der Waals surface area (Å²) in [5, 5.41) is 15.2. The van der Waals surface area contributed by atoms with Crippen molar-refractivity contribution in [2.24, 2.45) is 18.7 Å². The molecule has 7 heteroatoms. The monoisotopic (exact) mass is 290 g/mol. The highest BCUT2D eigenvalue weighted by Gasteiger charge is 2.38. The number of nitrogens with zero attached hydrogens (tertiary/aromatic N) is 3. The van der Waals surface area contributed by atoms with Crippen molar-refractivity contribution >= 4 is 22.8 Å². The van der Waals surface area contributed by atoms with Gasteiger partial charge in [0.2, 0.25) is 5.91 Å². The Hall–Kier alpha value is -1.89. The van der Waals surface area contributed by atoms with Gasteiger partial charge in [0.25, 0.3) is 0 Å². The molecule has 2 atom stereocenters. The SMILES string of the molecule is Cc1nn(C)c2n[nH]c(NC(=O)C3CCCCC3(C)N)c12. The fraction of sp³-hybridized carbons (Fsp3) is 0.643. The fourth-order valence-corrected chi connectivity index (χ4v) is 3.32. The lowest BCUT2D eigenvalue weighted by molar-refractivity contribution is -0.122. The highest BCUT2D eigenvalue weighted by Crippen LogP contribution is 2.33. The predicted octanol–water partition coefficient (Wildman–Crippen LogP) is 1.45. The van der Waals surface area contributed by atoms with E-state index in [0.29, 0.717) is 5.82 Å². The average Bonchev–Trinajstić information content (AvgIpc) is 2.92. The minimum absolute atomic E-state index is 0.0338. The summed E-state index contributed by atoms with van der Waals surface area (Å²) >= 11 is 0. The van der Waals surface area contributed by atoms with Crippen LogP contribution in [0.5, 0.6) is 0 Å². The molecule has 1 fully saturated rings. The Morgan fingerprint density at radius 1 is 1.52 bits per heavy atom. The molecule has 114 valence electrons. The van der Waals surface area contributed by atoms with E-state index in [1.165, 1.54) is 0 Å². The van der Waals surface area contributed by atoms with Crippen LogP contribution in [-0.2, 0) is 11.8 Å². The van der Waals surface area contributed by atoms with Gasteiger partial charge in [-0.1, -0.05) is 12.8 Å². The lowest BCUT2D eigenvalue weighted by Crippen LogP contribution is -2.51. The molecule has 0 saturated heterocycles. The van der Waals surface area contributed by atoms with Crippen LogP contribution in [0, 0.1) is 12.8 Å². The Kier molecular flexibility index (Phi) is 3.24. The van der Waals surface area contributed by atoms with Crippen LogP contribution in [-0.4, -0.2) is 31.4 Å². The van der Waals surface area contributed by atoms with Crippen LogP contribution in [0.1, 0.15) is 38.3 Å². The van der Waals surface area contributed by atoms with Crippen LogP contribution < -0.4 is 11.1 Å². The van der Waals surface area contributed by atoms with Crippen LogP contribution in [0.25, 0.3) is 11.0 Å². The van der Waals surface area contributed by atoms with Gasteiger partial charge in [0.15, 0.2) is 5.65 Å². The average molecular weight is 290 g/mol. The molecule has 4 N–H and O–H groups in total. The zero-order valence-corrected chi connectivity index (χ0v) is 12.7. The molecule has 2 heterocycles. The Bertz CT molecular complexity index is 683. The highest BCUT2D eigenvalue weighted by atomic mass is 16.2. The maximum Gasteiger partial charge on any atom is 0.230 e. The maximum atomic E-state index is 12.6. The van der Waals surface area contributed by atoms with Crippen molar-refractivity contribution in [2.45, 2.75) is 45.1 Å². The molecule has 0 aromatic carbocycles. The number of anilines is 1. The topological polar surface area (TPSA) is 102 Å². The third-order valence-corrected chi connectivity index (χ3v) is 4.53. The van der Waals surface area contributed by atoms with E-state index < -0.39 is 5.54 Å². The molecule has 2 unspecified atom stereocenters. The van der Waals surface area contributed by atoms with Gasteiger partial charge >= 0.3 is 0 Å². The van der Waals surface area contributed by atoms with Crippen molar-refractivity contribution in [1.29, 1.82) is 0 Å². The summed E-state index contributed by atoms with van der Waals surface area (Å²) in [6, 6.07) is 0. The Labute approximate surface area is 123 Å². The largest absolute Gasteiger partial charge is 0.325 e. The van der Waals surface area contributed by atoms with Crippen molar-refractivity contribution in [3.8, 4) is 0 Å².